The van der Waals surface area contributed by atoms with Crippen molar-refractivity contribution in [3.8, 4) is 0 Å². The molecule has 1 aromatic rings. The zero-order valence-corrected chi connectivity index (χ0v) is 24.3. The Hall–Kier alpha value is -1.42. The lowest BCUT2D eigenvalue weighted by Crippen LogP contribution is -2.65. The summed E-state index contributed by atoms with van der Waals surface area (Å²) in [5.41, 5.74) is -0.0794. The molecule has 3 heterocycles. The summed E-state index contributed by atoms with van der Waals surface area (Å²) in [5, 5.41) is 13.8. The first kappa shape index (κ1) is 28.2. The molecule has 3 rings (SSSR count). The zero-order chi connectivity index (χ0) is 26.3. The molecule has 1 amide bonds. The third kappa shape index (κ3) is 5.20. The highest BCUT2D eigenvalue weighted by Crippen LogP contribution is 2.48. The predicted molar refractivity (Wildman–Crippen MR) is 137 cm³/mol. The topological polar surface area (TPSA) is 121 Å². The van der Waals surface area contributed by atoms with Gasteiger partial charge in [-0.15, -0.1) is 0 Å². The number of aliphatic hydroxyl groups is 1. The second kappa shape index (κ2) is 10.5. The minimum absolute atomic E-state index is 0.0989. The summed E-state index contributed by atoms with van der Waals surface area (Å²) < 4.78 is 28.1. The molecular weight excluding hydrogens is 486 g/mol. The van der Waals surface area contributed by atoms with E-state index in [0.717, 1.165) is 0 Å². The van der Waals surface area contributed by atoms with Crippen LogP contribution in [0.15, 0.2) is 17.1 Å². The van der Waals surface area contributed by atoms with E-state index in [9.17, 15) is 14.7 Å². The smallest absolute Gasteiger partial charge is 0.351 e. The van der Waals surface area contributed by atoms with Gasteiger partial charge < -0.3 is 28.1 Å². The maximum absolute atomic E-state index is 12.7. The minimum Gasteiger partial charge on any atom is -0.414 e. The molecule has 10 nitrogen and oxygen atoms in total. The molecule has 2 fully saturated rings. The van der Waals surface area contributed by atoms with Gasteiger partial charge in [-0.1, -0.05) is 55.4 Å². The van der Waals surface area contributed by atoms with Crippen LogP contribution in [0.25, 0.3) is 0 Å². The Balaban J connectivity index is 2.03. The van der Waals surface area contributed by atoms with Crippen LogP contribution < -0.4 is 11.0 Å². The maximum atomic E-state index is 12.7. The quantitative estimate of drug-likeness (QED) is 0.540. The van der Waals surface area contributed by atoms with Crippen molar-refractivity contribution in [2.45, 2.75) is 109 Å². The van der Waals surface area contributed by atoms with Crippen molar-refractivity contribution in [3.05, 3.63) is 22.7 Å². The van der Waals surface area contributed by atoms with Gasteiger partial charge in [0.05, 0.1) is 6.61 Å². The van der Waals surface area contributed by atoms with E-state index in [-0.39, 0.29) is 40.5 Å². The van der Waals surface area contributed by atoms with Crippen LogP contribution in [0.5, 0.6) is 0 Å². The van der Waals surface area contributed by atoms with E-state index in [0.29, 0.717) is 0 Å². The summed E-state index contributed by atoms with van der Waals surface area (Å²) in [6.07, 6.45) is -1.96. The lowest BCUT2D eigenvalue weighted by molar-refractivity contribution is -0.114. The molecular formula is C23H41N3O7Si2. The van der Waals surface area contributed by atoms with Gasteiger partial charge in [0.2, 0.25) is 5.91 Å². The van der Waals surface area contributed by atoms with Gasteiger partial charge in [0.25, 0.3) is 0 Å². The molecule has 0 aliphatic carbocycles. The van der Waals surface area contributed by atoms with E-state index in [1.165, 1.54) is 23.8 Å². The second-order valence-corrected chi connectivity index (χ2v) is 19.6. The van der Waals surface area contributed by atoms with Gasteiger partial charge >= 0.3 is 22.8 Å². The molecule has 2 aliphatic heterocycles. The Morgan fingerprint density at radius 2 is 1.66 bits per heavy atom. The van der Waals surface area contributed by atoms with Crippen LogP contribution in [0.3, 0.4) is 0 Å². The van der Waals surface area contributed by atoms with Crippen molar-refractivity contribution in [3.63, 3.8) is 0 Å². The fourth-order valence-corrected chi connectivity index (χ4v) is 16.4. The normalized spacial score (nSPS) is 28.3. The van der Waals surface area contributed by atoms with Crippen molar-refractivity contribution >= 4 is 28.8 Å². The molecule has 2 N–H and O–H groups in total. The maximum Gasteiger partial charge on any atom is 0.351 e. The largest absolute Gasteiger partial charge is 0.414 e. The summed E-state index contributed by atoms with van der Waals surface area (Å²) in [7, 11) is -5.68. The SMILES string of the molecule is CC(=O)Nc1ccn([C@@H]2O[C@@H]3CO[Si](C(C)C)(C(C)C)O[Si](C(C)C)(C(C)C)O[C@H]3[C@@H]2O)c(=O)n1. The van der Waals surface area contributed by atoms with E-state index >= 15 is 0 Å². The van der Waals surface area contributed by atoms with E-state index in [4.69, 9.17) is 17.7 Å². The molecule has 0 saturated carbocycles. The van der Waals surface area contributed by atoms with E-state index in [1.807, 2.05) is 0 Å². The highest BCUT2D eigenvalue weighted by Gasteiger charge is 2.61. The standard InChI is InChI=1S/C23H41N3O7Si2/c1-13(2)34(14(3)4)30-12-18-21(32-35(33-34,15(5)6)16(7)8)20(28)22(31-18)26-11-10-19(24-17(9)27)25-23(26)29/h10-11,13-16,18,20-22,28H,12H2,1-9H3,(H,24,25,27,29)/t18-,20+,21-,22-/m1/s1. The molecule has 198 valence electrons. The molecule has 2 aliphatic rings. The molecule has 0 aromatic carbocycles. The van der Waals surface area contributed by atoms with Crippen LogP contribution >= 0.6 is 0 Å². The number of carbonyl (C=O) groups excluding carboxylic acids is 1. The molecule has 1 aromatic heterocycles. The van der Waals surface area contributed by atoms with Crippen molar-refractivity contribution in [2.24, 2.45) is 0 Å². The first-order valence-corrected chi connectivity index (χ1v) is 16.4. The molecule has 0 bridgehead atoms. The van der Waals surface area contributed by atoms with Crippen LogP contribution in [0.1, 0.15) is 68.5 Å². The average molecular weight is 528 g/mol. The number of nitrogens with one attached hydrogen (secondary N) is 1. The van der Waals surface area contributed by atoms with Crippen LogP contribution in [-0.4, -0.2) is 62.6 Å². The third-order valence-electron chi connectivity index (χ3n) is 7.05. The summed E-state index contributed by atoms with van der Waals surface area (Å²) in [6.45, 7) is 18.5. The van der Waals surface area contributed by atoms with Crippen molar-refractivity contribution < 1.29 is 27.6 Å². The number of fused-ring (bicyclic) bond motifs is 1. The number of rotatable bonds is 6. The number of aliphatic hydroxyl groups excluding tert-OH is 1. The van der Waals surface area contributed by atoms with Gasteiger partial charge in [0.15, 0.2) is 6.23 Å². The van der Waals surface area contributed by atoms with Crippen LogP contribution in [0.4, 0.5) is 5.82 Å². The Morgan fingerprint density at radius 3 is 2.14 bits per heavy atom. The number of nitrogens with zero attached hydrogens (tertiary/aromatic N) is 2. The van der Waals surface area contributed by atoms with E-state index in [1.54, 1.807) is 0 Å². The predicted octanol–water partition coefficient (Wildman–Crippen LogP) is 3.42. The Bertz CT molecular complexity index is 953. The van der Waals surface area contributed by atoms with Crippen molar-refractivity contribution in [1.82, 2.24) is 9.55 Å². The molecule has 4 atom stereocenters. The Labute approximate surface area is 209 Å². The molecule has 12 heteroatoms. The average Bonchev–Trinajstić information content (AvgIpc) is 3.01. The van der Waals surface area contributed by atoms with Gasteiger partial charge in [0, 0.05) is 13.1 Å². The lowest BCUT2D eigenvalue weighted by Gasteiger charge is -2.51. The van der Waals surface area contributed by atoms with Crippen LogP contribution in [0.2, 0.25) is 22.2 Å². The highest BCUT2D eigenvalue weighted by atomic mass is 28.5. The minimum atomic E-state index is -2.93. The second-order valence-electron chi connectivity index (χ2n) is 10.8. The molecule has 35 heavy (non-hydrogen) atoms. The van der Waals surface area contributed by atoms with E-state index < -0.39 is 47.4 Å². The van der Waals surface area contributed by atoms with Gasteiger partial charge in [0.1, 0.15) is 24.1 Å². The molecule has 0 unspecified atom stereocenters. The first-order chi connectivity index (χ1) is 16.2. The van der Waals surface area contributed by atoms with Crippen LogP contribution in [0, 0.1) is 0 Å². The van der Waals surface area contributed by atoms with Gasteiger partial charge in [-0.2, -0.15) is 4.98 Å². The third-order valence-corrected chi connectivity index (χ3v) is 17.3. The summed E-state index contributed by atoms with van der Waals surface area (Å²) >= 11 is 0. The summed E-state index contributed by atoms with van der Waals surface area (Å²) in [6, 6.07) is 1.50. The molecule has 0 radical (unpaired) electrons. The number of hydrogen-bond donors (Lipinski definition) is 2. The summed E-state index contributed by atoms with van der Waals surface area (Å²) in [4.78, 5) is 28.0. The number of hydrogen-bond acceptors (Lipinski definition) is 8. The summed E-state index contributed by atoms with van der Waals surface area (Å²) in [5.74, 6) is -0.191. The first-order valence-electron chi connectivity index (χ1n) is 12.5. The monoisotopic (exact) mass is 527 g/mol. The number of anilines is 1. The zero-order valence-electron chi connectivity index (χ0n) is 22.3. The van der Waals surface area contributed by atoms with Crippen LogP contribution in [-0.2, 0) is 22.5 Å². The van der Waals surface area contributed by atoms with E-state index in [2.05, 4.69) is 65.7 Å². The molecule has 0 spiro atoms. The highest BCUT2D eigenvalue weighted by molar-refractivity contribution is 6.83. The van der Waals surface area contributed by atoms with Gasteiger partial charge in [-0.05, 0) is 28.2 Å². The Morgan fingerprint density at radius 1 is 1.09 bits per heavy atom. The fraction of sp³-hybridized carbons (Fsp3) is 0.783. The Kier molecular flexibility index (Phi) is 8.46. The van der Waals surface area contributed by atoms with Crippen molar-refractivity contribution in [2.75, 3.05) is 11.9 Å². The number of carbonyl (C=O) groups is 1. The number of amides is 1. The van der Waals surface area contributed by atoms with Gasteiger partial charge in [-0.3, -0.25) is 9.36 Å². The van der Waals surface area contributed by atoms with Gasteiger partial charge in [-0.25, -0.2) is 4.79 Å². The van der Waals surface area contributed by atoms with Crippen molar-refractivity contribution in [1.29, 1.82) is 0 Å². The molecule has 2 saturated heterocycles. The number of ether oxygens (including phenoxy) is 1. The number of aromatic nitrogens is 2. The fourth-order valence-electron chi connectivity index (χ4n) is 5.22. The lowest BCUT2D eigenvalue weighted by atomic mass is 10.1.